The zero-order valence-electron chi connectivity index (χ0n) is 10.4. The summed E-state index contributed by atoms with van der Waals surface area (Å²) in [7, 11) is 0. The van der Waals surface area contributed by atoms with Crippen molar-refractivity contribution in [3.63, 3.8) is 0 Å². The normalized spacial score (nSPS) is 16.1. The average Bonchev–Trinajstić information content (AvgIpc) is 1.77. The van der Waals surface area contributed by atoms with Gasteiger partial charge >= 0.3 is 5.97 Å². The molecule has 2 heteroatoms. The smallest absolute Gasteiger partial charge is 0.302 e. The summed E-state index contributed by atoms with van der Waals surface area (Å²) in [5, 5.41) is 0. The maximum absolute atomic E-state index is 10.7. The Balaban J connectivity index is 3.82. The Morgan fingerprint density at radius 1 is 1.29 bits per heavy atom. The molecule has 0 N–H and O–H groups in total. The SMILES string of the molecule is CC(=O)O[C@@H](C)C[C@H](C)CC(C)(C)C. The molecule has 0 rings (SSSR count). The van der Waals surface area contributed by atoms with Crippen molar-refractivity contribution in [2.45, 2.75) is 60.5 Å². The van der Waals surface area contributed by atoms with Crippen LogP contribution in [0.25, 0.3) is 0 Å². The van der Waals surface area contributed by atoms with Gasteiger partial charge in [0.2, 0.25) is 0 Å². The van der Waals surface area contributed by atoms with Gasteiger partial charge in [-0.3, -0.25) is 4.79 Å². The molecule has 14 heavy (non-hydrogen) atoms. The Bertz CT molecular complexity index is 179. The van der Waals surface area contributed by atoms with Crippen LogP contribution in [0, 0.1) is 11.3 Å². The molecule has 2 atom stereocenters. The van der Waals surface area contributed by atoms with Crippen LogP contribution in [0.1, 0.15) is 54.4 Å². The van der Waals surface area contributed by atoms with E-state index >= 15 is 0 Å². The fourth-order valence-corrected chi connectivity index (χ4v) is 2.03. The molecule has 0 fully saturated rings. The molecule has 0 aromatic rings. The van der Waals surface area contributed by atoms with Crippen LogP contribution in [0.2, 0.25) is 0 Å². The summed E-state index contributed by atoms with van der Waals surface area (Å²) >= 11 is 0. The molecule has 0 saturated heterocycles. The van der Waals surface area contributed by atoms with Gasteiger partial charge in [-0.25, -0.2) is 0 Å². The Morgan fingerprint density at radius 2 is 1.79 bits per heavy atom. The fourth-order valence-electron chi connectivity index (χ4n) is 2.03. The molecule has 0 heterocycles. The van der Waals surface area contributed by atoms with Gasteiger partial charge in [-0.05, 0) is 31.1 Å². The summed E-state index contributed by atoms with van der Waals surface area (Å²) in [5.41, 5.74) is 0.357. The number of rotatable bonds is 4. The molecule has 0 amide bonds. The van der Waals surface area contributed by atoms with Crippen LogP contribution in [-0.4, -0.2) is 12.1 Å². The molecule has 0 unspecified atom stereocenters. The van der Waals surface area contributed by atoms with Crippen molar-refractivity contribution in [2.24, 2.45) is 11.3 Å². The third-order valence-electron chi connectivity index (χ3n) is 2.06. The first-order valence-corrected chi connectivity index (χ1v) is 5.38. The molecule has 0 aliphatic heterocycles. The van der Waals surface area contributed by atoms with Crippen molar-refractivity contribution in [3.05, 3.63) is 0 Å². The Kier molecular flexibility index (Phi) is 5.17. The first-order valence-electron chi connectivity index (χ1n) is 5.38. The van der Waals surface area contributed by atoms with Crippen molar-refractivity contribution < 1.29 is 9.53 Å². The largest absolute Gasteiger partial charge is 0.463 e. The van der Waals surface area contributed by atoms with Gasteiger partial charge in [-0.2, -0.15) is 0 Å². The lowest BCUT2D eigenvalue weighted by molar-refractivity contribution is -0.146. The predicted molar refractivity (Wildman–Crippen MR) is 59.1 cm³/mol. The lowest BCUT2D eigenvalue weighted by Crippen LogP contribution is -2.19. The molecule has 0 aromatic carbocycles. The van der Waals surface area contributed by atoms with Gasteiger partial charge < -0.3 is 4.74 Å². The zero-order valence-corrected chi connectivity index (χ0v) is 10.4. The molecule has 0 radical (unpaired) electrons. The topological polar surface area (TPSA) is 26.3 Å². The third kappa shape index (κ3) is 8.09. The summed E-state index contributed by atoms with van der Waals surface area (Å²) in [6.07, 6.45) is 2.17. The fraction of sp³-hybridized carbons (Fsp3) is 0.917. The van der Waals surface area contributed by atoms with Gasteiger partial charge in [0.25, 0.3) is 0 Å². The lowest BCUT2D eigenvalue weighted by Gasteiger charge is -2.25. The maximum atomic E-state index is 10.7. The summed E-state index contributed by atoms with van der Waals surface area (Å²) in [4.78, 5) is 10.7. The lowest BCUT2D eigenvalue weighted by atomic mass is 9.83. The molecule has 2 nitrogen and oxygen atoms in total. The molecule has 0 aliphatic carbocycles. The van der Waals surface area contributed by atoms with Crippen LogP contribution < -0.4 is 0 Å². The third-order valence-corrected chi connectivity index (χ3v) is 2.06. The number of hydrogen-bond acceptors (Lipinski definition) is 2. The zero-order chi connectivity index (χ0) is 11.4. The highest BCUT2D eigenvalue weighted by Gasteiger charge is 2.18. The molecule has 0 bridgehead atoms. The van der Waals surface area contributed by atoms with Crippen molar-refractivity contribution in [2.75, 3.05) is 0 Å². The van der Waals surface area contributed by atoms with Crippen LogP contribution in [0.15, 0.2) is 0 Å². The monoisotopic (exact) mass is 200 g/mol. The van der Waals surface area contributed by atoms with Crippen LogP contribution in [0.4, 0.5) is 0 Å². The average molecular weight is 200 g/mol. The maximum Gasteiger partial charge on any atom is 0.302 e. The molecular weight excluding hydrogens is 176 g/mol. The van der Waals surface area contributed by atoms with Crippen molar-refractivity contribution in [1.29, 1.82) is 0 Å². The summed E-state index contributed by atoms with van der Waals surface area (Å²) < 4.78 is 5.10. The molecular formula is C12H24O2. The van der Waals surface area contributed by atoms with Gasteiger partial charge in [0, 0.05) is 6.92 Å². The Labute approximate surface area is 88.0 Å². The van der Waals surface area contributed by atoms with E-state index in [0.29, 0.717) is 11.3 Å². The van der Waals surface area contributed by atoms with Crippen LogP contribution in [-0.2, 0) is 9.53 Å². The minimum atomic E-state index is -0.180. The molecule has 0 aromatic heterocycles. The first-order chi connectivity index (χ1) is 6.20. The van der Waals surface area contributed by atoms with Gasteiger partial charge in [0.15, 0.2) is 0 Å². The second-order valence-electron chi connectivity index (χ2n) is 5.53. The Hall–Kier alpha value is -0.530. The number of esters is 1. The summed E-state index contributed by atoms with van der Waals surface area (Å²) in [5.74, 6) is 0.421. The molecule has 0 spiro atoms. The van der Waals surface area contributed by atoms with E-state index in [4.69, 9.17) is 4.74 Å². The highest BCUT2D eigenvalue weighted by Crippen LogP contribution is 2.27. The van der Waals surface area contributed by atoms with E-state index in [1.54, 1.807) is 0 Å². The highest BCUT2D eigenvalue weighted by molar-refractivity contribution is 5.66. The van der Waals surface area contributed by atoms with Gasteiger partial charge in [-0.1, -0.05) is 27.7 Å². The minimum Gasteiger partial charge on any atom is -0.463 e. The van der Waals surface area contributed by atoms with E-state index in [-0.39, 0.29) is 12.1 Å². The molecule has 84 valence electrons. The summed E-state index contributed by atoms with van der Waals surface area (Å²) in [6.45, 7) is 12.3. The van der Waals surface area contributed by atoms with Gasteiger partial charge in [-0.15, -0.1) is 0 Å². The van der Waals surface area contributed by atoms with Gasteiger partial charge in [0.05, 0.1) is 6.10 Å². The van der Waals surface area contributed by atoms with E-state index in [0.717, 1.165) is 6.42 Å². The van der Waals surface area contributed by atoms with Crippen molar-refractivity contribution >= 4 is 5.97 Å². The van der Waals surface area contributed by atoms with Crippen molar-refractivity contribution in [1.82, 2.24) is 0 Å². The molecule has 0 aliphatic rings. The van der Waals surface area contributed by atoms with E-state index in [1.807, 2.05) is 6.92 Å². The van der Waals surface area contributed by atoms with Crippen molar-refractivity contribution in [3.8, 4) is 0 Å². The number of hydrogen-bond donors (Lipinski definition) is 0. The Morgan fingerprint density at radius 3 is 2.14 bits per heavy atom. The minimum absolute atomic E-state index is 0.0462. The van der Waals surface area contributed by atoms with Gasteiger partial charge in [0.1, 0.15) is 0 Å². The van der Waals surface area contributed by atoms with E-state index < -0.39 is 0 Å². The highest BCUT2D eigenvalue weighted by atomic mass is 16.5. The van der Waals surface area contributed by atoms with Crippen LogP contribution in [0.3, 0.4) is 0 Å². The van der Waals surface area contributed by atoms with Crippen LogP contribution in [0.5, 0.6) is 0 Å². The van der Waals surface area contributed by atoms with E-state index in [2.05, 4.69) is 27.7 Å². The standard InChI is InChI=1S/C12H24O2/c1-9(8-12(4,5)6)7-10(2)14-11(3)13/h9-10H,7-8H2,1-6H3/t9-,10-/m0/s1. The van der Waals surface area contributed by atoms with E-state index in [1.165, 1.54) is 13.3 Å². The second-order valence-corrected chi connectivity index (χ2v) is 5.53. The molecule has 0 saturated carbocycles. The number of carbonyl (C=O) groups is 1. The number of carbonyl (C=O) groups excluding carboxylic acids is 1. The second kappa shape index (κ2) is 5.38. The van der Waals surface area contributed by atoms with E-state index in [9.17, 15) is 4.79 Å². The first kappa shape index (κ1) is 13.5. The predicted octanol–water partition coefficient (Wildman–Crippen LogP) is 3.40. The summed E-state index contributed by atoms with van der Waals surface area (Å²) in [6, 6.07) is 0. The quantitative estimate of drug-likeness (QED) is 0.650. The van der Waals surface area contributed by atoms with Crippen LogP contribution >= 0.6 is 0 Å². The number of ether oxygens (including phenoxy) is 1.